The standard InChI is InChI=1S/C15H32N2O3/c1-7-15(8-2,10-16-12(3)9-18)11-17-13(19)20-14(4,5)6/h12,16,18H,7-11H2,1-6H3,(H,17,19)/t12-/m1/s1. The van der Waals surface area contributed by atoms with Gasteiger partial charge in [-0.15, -0.1) is 0 Å². The van der Waals surface area contributed by atoms with Crippen LogP contribution in [0.15, 0.2) is 0 Å². The molecule has 0 aromatic rings. The molecule has 0 fully saturated rings. The highest BCUT2D eigenvalue weighted by atomic mass is 16.6. The summed E-state index contributed by atoms with van der Waals surface area (Å²) in [6, 6.07) is 0.0639. The van der Waals surface area contributed by atoms with E-state index < -0.39 is 5.60 Å². The molecule has 1 atom stereocenters. The highest BCUT2D eigenvalue weighted by Gasteiger charge is 2.28. The zero-order chi connectivity index (χ0) is 15.8. The van der Waals surface area contributed by atoms with Crippen LogP contribution in [0, 0.1) is 5.41 Å². The van der Waals surface area contributed by atoms with E-state index >= 15 is 0 Å². The maximum atomic E-state index is 11.7. The molecular weight excluding hydrogens is 256 g/mol. The summed E-state index contributed by atoms with van der Waals surface area (Å²) in [5, 5.41) is 15.2. The van der Waals surface area contributed by atoms with Crippen molar-refractivity contribution in [1.29, 1.82) is 0 Å². The van der Waals surface area contributed by atoms with E-state index in [-0.39, 0.29) is 24.2 Å². The lowest BCUT2D eigenvalue weighted by atomic mass is 9.82. The van der Waals surface area contributed by atoms with Gasteiger partial charge in [-0.1, -0.05) is 13.8 Å². The molecule has 1 amide bonds. The van der Waals surface area contributed by atoms with E-state index in [4.69, 9.17) is 9.84 Å². The van der Waals surface area contributed by atoms with E-state index in [0.717, 1.165) is 19.4 Å². The number of alkyl carbamates (subject to hydrolysis) is 1. The number of hydrogen-bond acceptors (Lipinski definition) is 4. The number of hydrogen-bond donors (Lipinski definition) is 3. The SMILES string of the molecule is CCC(CC)(CNC(=O)OC(C)(C)C)CN[C@H](C)CO. The zero-order valence-corrected chi connectivity index (χ0v) is 13.9. The minimum absolute atomic E-state index is 0.0136. The van der Waals surface area contributed by atoms with Crippen LogP contribution in [0.2, 0.25) is 0 Å². The fourth-order valence-corrected chi connectivity index (χ4v) is 1.84. The lowest BCUT2D eigenvalue weighted by molar-refractivity contribution is 0.0493. The van der Waals surface area contributed by atoms with Crippen LogP contribution in [0.1, 0.15) is 54.4 Å². The predicted octanol–water partition coefficient (Wildman–Crippen LogP) is 2.29. The largest absolute Gasteiger partial charge is 0.444 e. The Morgan fingerprint density at radius 3 is 2.15 bits per heavy atom. The molecule has 0 unspecified atom stereocenters. The summed E-state index contributed by atoms with van der Waals surface area (Å²) in [5.41, 5.74) is -0.491. The first-order valence-electron chi connectivity index (χ1n) is 7.49. The second kappa shape index (κ2) is 8.47. The molecule has 0 heterocycles. The molecule has 0 aliphatic carbocycles. The number of rotatable bonds is 8. The van der Waals surface area contributed by atoms with Crippen molar-refractivity contribution in [3.63, 3.8) is 0 Å². The van der Waals surface area contributed by atoms with Crippen molar-refractivity contribution in [2.24, 2.45) is 5.41 Å². The van der Waals surface area contributed by atoms with E-state index in [1.807, 2.05) is 27.7 Å². The van der Waals surface area contributed by atoms with Crippen molar-refractivity contribution in [2.45, 2.75) is 66.0 Å². The number of ether oxygens (including phenoxy) is 1. The van der Waals surface area contributed by atoms with Crippen molar-refractivity contribution in [3.8, 4) is 0 Å². The molecule has 0 saturated carbocycles. The molecular formula is C15H32N2O3. The normalized spacial score (nSPS) is 13.9. The van der Waals surface area contributed by atoms with Crippen LogP contribution in [0.4, 0.5) is 4.79 Å². The van der Waals surface area contributed by atoms with Gasteiger partial charge in [-0.3, -0.25) is 0 Å². The molecule has 0 radical (unpaired) electrons. The van der Waals surface area contributed by atoms with Gasteiger partial charge in [-0.05, 0) is 46.0 Å². The van der Waals surface area contributed by atoms with Gasteiger partial charge in [0.15, 0.2) is 0 Å². The van der Waals surface area contributed by atoms with E-state index in [1.165, 1.54) is 0 Å². The van der Waals surface area contributed by atoms with Gasteiger partial charge in [0.2, 0.25) is 0 Å². The molecule has 0 saturated heterocycles. The highest BCUT2D eigenvalue weighted by Crippen LogP contribution is 2.24. The van der Waals surface area contributed by atoms with Gasteiger partial charge in [-0.2, -0.15) is 0 Å². The predicted molar refractivity (Wildman–Crippen MR) is 81.8 cm³/mol. The van der Waals surface area contributed by atoms with E-state index in [2.05, 4.69) is 24.5 Å². The zero-order valence-electron chi connectivity index (χ0n) is 13.9. The van der Waals surface area contributed by atoms with Gasteiger partial charge in [0.05, 0.1) is 6.61 Å². The summed E-state index contributed by atoms with van der Waals surface area (Å²) in [7, 11) is 0. The first-order chi connectivity index (χ1) is 9.18. The second-order valence-electron chi connectivity index (χ2n) is 6.53. The molecule has 120 valence electrons. The molecule has 0 aliphatic heterocycles. The summed E-state index contributed by atoms with van der Waals surface area (Å²) >= 11 is 0. The molecule has 20 heavy (non-hydrogen) atoms. The van der Waals surface area contributed by atoms with Gasteiger partial charge in [0.1, 0.15) is 5.60 Å². The van der Waals surface area contributed by atoms with Crippen LogP contribution in [0.25, 0.3) is 0 Å². The Bertz CT molecular complexity index is 283. The Kier molecular flexibility index (Phi) is 8.13. The number of amides is 1. The van der Waals surface area contributed by atoms with E-state index in [0.29, 0.717) is 6.54 Å². The van der Waals surface area contributed by atoms with Crippen molar-refractivity contribution in [1.82, 2.24) is 10.6 Å². The summed E-state index contributed by atoms with van der Waals surface area (Å²) in [6.45, 7) is 13.2. The number of aliphatic hydroxyl groups is 1. The number of carbonyl (C=O) groups excluding carboxylic acids is 1. The summed E-state index contributed by atoms with van der Waals surface area (Å²) in [5.74, 6) is 0. The van der Waals surface area contributed by atoms with Gasteiger partial charge in [0, 0.05) is 19.1 Å². The van der Waals surface area contributed by atoms with Crippen molar-refractivity contribution in [2.75, 3.05) is 19.7 Å². The summed E-state index contributed by atoms with van der Waals surface area (Å²) in [4.78, 5) is 11.7. The third-order valence-corrected chi connectivity index (χ3v) is 3.61. The molecule has 0 spiro atoms. The first-order valence-corrected chi connectivity index (χ1v) is 7.49. The van der Waals surface area contributed by atoms with Gasteiger partial charge >= 0.3 is 6.09 Å². The van der Waals surface area contributed by atoms with Crippen LogP contribution in [0.3, 0.4) is 0 Å². The van der Waals surface area contributed by atoms with Gasteiger partial charge < -0.3 is 20.5 Å². The lowest BCUT2D eigenvalue weighted by Gasteiger charge is -2.33. The second-order valence-corrected chi connectivity index (χ2v) is 6.53. The smallest absolute Gasteiger partial charge is 0.407 e. The van der Waals surface area contributed by atoms with Crippen LogP contribution >= 0.6 is 0 Å². The molecule has 5 heteroatoms. The average Bonchev–Trinajstić information content (AvgIpc) is 2.37. The number of carbonyl (C=O) groups is 1. The first kappa shape index (κ1) is 19.2. The Hall–Kier alpha value is -0.810. The maximum Gasteiger partial charge on any atom is 0.407 e. The lowest BCUT2D eigenvalue weighted by Crippen LogP contribution is -2.47. The fraction of sp³-hybridized carbons (Fsp3) is 0.933. The highest BCUT2D eigenvalue weighted by molar-refractivity contribution is 5.67. The van der Waals surface area contributed by atoms with E-state index in [1.54, 1.807) is 0 Å². The quantitative estimate of drug-likeness (QED) is 0.641. The average molecular weight is 288 g/mol. The minimum Gasteiger partial charge on any atom is -0.444 e. The number of aliphatic hydroxyl groups excluding tert-OH is 1. The number of nitrogens with one attached hydrogen (secondary N) is 2. The van der Waals surface area contributed by atoms with Gasteiger partial charge in [-0.25, -0.2) is 4.79 Å². The topological polar surface area (TPSA) is 70.6 Å². The van der Waals surface area contributed by atoms with E-state index in [9.17, 15) is 4.79 Å². The van der Waals surface area contributed by atoms with Crippen molar-refractivity contribution in [3.05, 3.63) is 0 Å². The Labute approximate surface area is 123 Å². The third-order valence-electron chi connectivity index (χ3n) is 3.61. The molecule has 3 N–H and O–H groups in total. The molecule has 5 nitrogen and oxygen atoms in total. The third kappa shape index (κ3) is 7.70. The molecule has 0 aromatic carbocycles. The van der Waals surface area contributed by atoms with Crippen molar-refractivity contribution < 1.29 is 14.6 Å². The fourth-order valence-electron chi connectivity index (χ4n) is 1.84. The Balaban J connectivity index is 4.42. The van der Waals surface area contributed by atoms with Crippen LogP contribution in [0.5, 0.6) is 0 Å². The summed E-state index contributed by atoms with van der Waals surface area (Å²) < 4.78 is 5.26. The van der Waals surface area contributed by atoms with Crippen LogP contribution < -0.4 is 10.6 Å². The molecule has 0 aromatic heterocycles. The molecule has 0 rings (SSSR count). The van der Waals surface area contributed by atoms with Crippen LogP contribution in [-0.4, -0.2) is 42.5 Å². The maximum absolute atomic E-state index is 11.7. The molecule has 0 aliphatic rings. The van der Waals surface area contributed by atoms with Crippen LogP contribution in [-0.2, 0) is 4.74 Å². The van der Waals surface area contributed by atoms with Gasteiger partial charge in [0.25, 0.3) is 0 Å². The summed E-state index contributed by atoms with van der Waals surface area (Å²) in [6.07, 6.45) is 1.52. The Morgan fingerprint density at radius 1 is 1.20 bits per heavy atom. The molecule has 0 bridgehead atoms. The minimum atomic E-state index is -0.477. The Morgan fingerprint density at radius 2 is 1.75 bits per heavy atom. The van der Waals surface area contributed by atoms with Crippen molar-refractivity contribution >= 4 is 6.09 Å². The monoisotopic (exact) mass is 288 g/mol.